The van der Waals surface area contributed by atoms with Crippen molar-refractivity contribution in [1.29, 1.82) is 0 Å². The summed E-state index contributed by atoms with van der Waals surface area (Å²) >= 11 is 5.83. The lowest BCUT2D eigenvalue weighted by Crippen LogP contribution is -2.45. The highest BCUT2D eigenvalue weighted by molar-refractivity contribution is 14.0. The first kappa shape index (κ1) is 25.5. The fourth-order valence-electron chi connectivity index (χ4n) is 3.58. The number of methoxy groups -OCH3 is 2. The Labute approximate surface area is 206 Å². The van der Waals surface area contributed by atoms with Crippen LogP contribution in [0.5, 0.6) is 11.5 Å². The first-order chi connectivity index (χ1) is 14.6. The Morgan fingerprint density at radius 1 is 1.19 bits per heavy atom. The number of likely N-dealkylation sites (tertiary alicyclic amines) is 1. The minimum absolute atomic E-state index is 0. The molecule has 0 bridgehead atoms. The Kier molecular flexibility index (Phi) is 10.6. The van der Waals surface area contributed by atoms with E-state index in [1.165, 1.54) is 5.56 Å². The van der Waals surface area contributed by atoms with Crippen LogP contribution in [0.1, 0.15) is 17.5 Å². The number of hydrogen-bond acceptors (Lipinski definition) is 5. The number of guanidine groups is 1. The van der Waals surface area contributed by atoms with Crippen LogP contribution in [0.15, 0.2) is 41.5 Å². The van der Waals surface area contributed by atoms with Crippen LogP contribution < -0.4 is 20.1 Å². The van der Waals surface area contributed by atoms with Crippen LogP contribution >= 0.6 is 35.6 Å². The molecule has 0 amide bonds. The van der Waals surface area contributed by atoms with Crippen molar-refractivity contribution in [3.8, 4) is 11.5 Å². The lowest BCUT2D eigenvalue weighted by atomic mass is 10.2. The van der Waals surface area contributed by atoms with Crippen molar-refractivity contribution < 1.29 is 9.47 Å². The van der Waals surface area contributed by atoms with Gasteiger partial charge in [0, 0.05) is 51.5 Å². The Balaban J connectivity index is 0.00000341. The van der Waals surface area contributed by atoms with E-state index in [0.717, 1.165) is 62.0 Å². The minimum Gasteiger partial charge on any atom is -0.497 e. The third-order valence-corrected chi connectivity index (χ3v) is 5.37. The highest BCUT2D eigenvalue weighted by atomic mass is 127. The zero-order valence-electron chi connectivity index (χ0n) is 18.2. The van der Waals surface area contributed by atoms with Crippen molar-refractivity contribution in [3.05, 3.63) is 52.8 Å². The molecule has 0 spiro atoms. The maximum atomic E-state index is 5.83. The highest BCUT2D eigenvalue weighted by Crippen LogP contribution is 2.24. The summed E-state index contributed by atoms with van der Waals surface area (Å²) in [5.74, 6) is 2.46. The largest absolute Gasteiger partial charge is 0.497 e. The molecule has 0 radical (unpaired) electrons. The van der Waals surface area contributed by atoms with E-state index in [-0.39, 0.29) is 24.0 Å². The summed E-state index contributed by atoms with van der Waals surface area (Å²) in [6.45, 7) is 3.64. The van der Waals surface area contributed by atoms with Gasteiger partial charge >= 0.3 is 0 Å². The summed E-state index contributed by atoms with van der Waals surface area (Å²) in [5.41, 5.74) is 2.33. The molecule has 1 fully saturated rings. The van der Waals surface area contributed by atoms with Crippen molar-refractivity contribution >= 4 is 41.5 Å². The van der Waals surface area contributed by atoms with Crippen LogP contribution in [-0.4, -0.2) is 62.8 Å². The summed E-state index contributed by atoms with van der Waals surface area (Å²) in [4.78, 5) is 10.9. The van der Waals surface area contributed by atoms with E-state index in [9.17, 15) is 0 Å². The number of hydrogen-bond donors (Lipinski definition) is 2. The van der Waals surface area contributed by atoms with E-state index in [0.29, 0.717) is 11.2 Å². The molecule has 1 aromatic carbocycles. The van der Waals surface area contributed by atoms with Gasteiger partial charge in [0.25, 0.3) is 0 Å². The zero-order chi connectivity index (χ0) is 21.3. The lowest BCUT2D eigenvalue weighted by Gasteiger charge is -2.19. The Morgan fingerprint density at radius 2 is 1.94 bits per heavy atom. The molecule has 1 saturated heterocycles. The van der Waals surface area contributed by atoms with Gasteiger partial charge in [0.05, 0.1) is 14.2 Å². The quantitative estimate of drug-likeness (QED) is 0.224. The second-order valence-corrected chi connectivity index (χ2v) is 7.71. The molecule has 7 nitrogen and oxygen atoms in total. The molecule has 31 heavy (non-hydrogen) atoms. The van der Waals surface area contributed by atoms with Crippen LogP contribution in [0.25, 0.3) is 0 Å². The number of aliphatic imine (C=N–C) groups is 1. The van der Waals surface area contributed by atoms with Gasteiger partial charge in [0.15, 0.2) is 5.96 Å². The van der Waals surface area contributed by atoms with Crippen LogP contribution in [0, 0.1) is 0 Å². The van der Waals surface area contributed by atoms with Gasteiger partial charge in [-0.05, 0) is 42.2 Å². The van der Waals surface area contributed by atoms with E-state index in [2.05, 4.69) is 37.6 Å². The fraction of sp³-hybridized carbons (Fsp3) is 0.455. The molecule has 2 N–H and O–H groups in total. The molecule has 1 aromatic heterocycles. The summed E-state index contributed by atoms with van der Waals surface area (Å²) in [6.07, 6.45) is 3.74. The van der Waals surface area contributed by atoms with Gasteiger partial charge in [-0.1, -0.05) is 17.7 Å². The molecular formula is C22H31ClIN5O2. The van der Waals surface area contributed by atoms with Gasteiger partial charge in [-0.2, -0.15) is 0 Å². The molecule has 2 heterocycles. The van der Waals surface area contributed by atoms with Crippen molar-refractivity contribution in [1.82, 2.24) is 20.5 Å². The molecule has 0 saturated carbocycles. The van der Waals surface area contributed by atoms with E-state index >= 15 is 0 Å². The zero-order valence-corrected chi connectivity index (χ0v) is 21.3. The Bertz CT molecular complexity index is 828. The van der Waals surface area contributed by atoms with Gasteiger partial charge in [-0.15, -0.1) is 24.0 Å². The highest BCUT2D eigenvalue weighted by Gasteiger charge is 2.23. The number of pyridine rings is 1. The van der Waals surface area contributed by atoms with E-state index < -0.39 is 0 Å². The molecule has 1 aliphatic rings. The van der Waals surface area contributed by atoms with Crippen molar-refractivity contribution in [2.24, 2.45) is 4.99 Å². The number of rotatable bonds is 8. The van der Waals surface area contributed by atoms with Gasteiger partial charge in [-0.3, -0.25) is 9.89 Å². The molecule has 9 heteroatoms. The predicted molar refractivity (Wildman–Crippen MR) is 136 cm³/mol. The summed E-state index contributed by atoms with van der Waals surface area (Å²) in [7, 11) is 5.15. The molecular weight excluding hydrogens is 529 g/mol. The monoisotopic (exact) mass is 559 g/mol. The maximum absolute atomic E-state index is 5.83. The average molecular weight is 560 g/mol. The number of halogens is 2. The topological polar surface area (TPSA) is 71.0 Å². The third kappa shape index (κ3) is 8.01. The molecule has 1 unspecified atom stereocenters. The molecule has 1 atom stereocenters. The second-order valence-electron chi connectivity index (χ2n) is 7.32. The number of nitrogens with zero attached hydrogens (tertiary/aromatic N) is 3. The fourth-order valence-corrected chi connectivity index (χ4v) is 3.69. The van der Waals surface area contributed by atoms with Gasteiger partial charge in [0.1, 0.15) is 16.7 Å². The Morgan fingerprint density at radius 3 is 2.55 bits per heavy atom. The molecule has 3 rings (SSSR count). The van der Waals surface area contributed by atoms with E-state index in [4.69, 9.17) is 21.1 Å². The molecule has 170 valence electrons. The van der Waals surface area contributed by atoms with Crippen LogP contribution in [0.3, 0.4) is 0 Å². The third-order valence-electron chi connectivity index (χ3n) is 5.15. The molecule has 1 aliphatic heterocycles. The number of benzene rings is 1. The van der Waals surface area contributed by atoms with E-state index in [1.54, 1.807) is 21.3 Å². The van der Waals surface area contributed by atoms with E-state index in [1.807, 2.05) is 24.4 Å². The van der Waals surface area contributed by atoms with Crippen molar-refractivity contribution in [3.63, 3.8) is 0 Å². The average Bonchev–Trinajstić information content (AvgIpc) is 3.20. The predicted octanol–water partition coefficient (Wildman–Crippen LogP) is 3.35. The SMILES string of the molecule is CN=C(NCCc1ccc(Cl)nc1)NC1CCN(Cc2cc(OC)cc(OC)c2)C1.I. The molecule has 2 aromatic rings. The second kappa shape index (κ2) is 12.9. The van der Waals surface area contributed by atoms with Crippen LogP contribution in [-0.2, 0) is 13.0 Å². The number of nitrogens with one attached hydrogen (secondary N) is 2. The number of ether oxygens (including phenoxy) is 2. The van der Waals surface area contributed by atoms with Crippen molar-refractivity contribution in [2.45, 2.75) is 25.4 Å². The number of aromatic nitrogens is 1. The maximum Gasteiger partial charge on any atom is 0.191 e. The standard InChI is InChI=1S/C22H30ClN5O2.HI/c1-24-22(25-8-6-16-4-5-21(23)26-13-16)27-18-7-9-28(15-18)14-17-10-19(29-2)12-20(11-17)30-3;/h4-5,10-13,18H,6-9,14-15H2,1-3H3,(H2,24,25,27);1H. The smallest absolute Gasteiger partial charge is 0.191 e. The van der Waals surface area contributed by atoms with Crippen LogP contribution in [0.2, 0.25) is 5.15 Å². The first-order valence-corrected chi connectivity index (χ1v) is 10.5. The van der Waals surface area contributed by atoms with Crippen LogP contribution in [0.4, 0.5) is 0 Å². The minimum atomic E-state index is 0. The summed E-state index contributed by atoms with van der Waals surface area (Å²) in [5, 5.41) is 7.43. The lowest BCUT2D eigenvalue weighted by molar-refractivity contribution is 0.321. The van der Waals surface area contributed by atoms with Gasteiger partial charge < -0.3 is 20.1 Å². The summed E-state index contributed by atoms with van der Waals surface area (Å²) in [6, 6.07) is 10.2. The van der Waals surface area contributed by atoms with Gasteiger partial charge in [0.2, 0.25) is 0 Å². The normalized spacial score (nSPS) is 16.5. The summed E-state index contributed by atoms with van der Waals surface area (Å²) < 4.78 is 10.8. The molecule has 0 aliphatic carbocycles. The van der Waals surface area contributed by atoms with Crippen molar-refractivity contribution in [2.75, 3.05) is 40.9 Å². The first-order valence-electron chi connectivity index (χ1n) is 10.1. The Hall–Kier alpha value is -1.78. The van der Waals surface area contributed by atoms with Gasteiger partial charge in [-0.25, -0.2) is 4.98 Å².